The maximum atomic E-state index is 6.13. The number of rotatable bonds is 5. The Bertz CT molecular complexity index is 165. The van der Waals surface area contributed by atoms with Gasteiger partial charge in [-0.2, -0.15) is 0 Å². The van der Waals surface area contributed by atoms with Gasteiger partial charge in [0.2, 0.25) is 0 Å². The van der Waals surface area contributed by atoms with Crippen LogP contribution in [0.4, 0.5) is 0 Å². The predicted octanol–water partition coefficient (Wildman–Crippen LogP) is 1.70. The zero-order valence-corrected chi connectivity index (χ0v) is 10.8. The number of nitrogens with zero attached hydrogens (tertiary/aromatic N) is 1. The van der Waals surface area contributed by atoms with Crippen LogP contribution in [0.25, 0.3) is 0 Å². The van der Waals surface area contributed by atoms with Crippen molar-refractivity contribution in [2.45, 2.75) is 38.6 Å². The second-order valence-corrected chi connectivity index (χ2v) is 5.68. The van der Waals surface area contributed by atoms with Crippen LogP contribution in [0.3, 0.4) is 0 Å². The number of unbranched alkanes of at least 4 members (excludes halogenated alkanes) is 1. The van der Waals surface area contributed by atoms with Gasteiger partial charge in [-0.15, -0.1) is 9.24 Å². The lowest BCUT2D eigenvalue weighted by Gasteiger charge is -2.27. The van der Waals surface area contributed by atoms with Crippen molar-refractivity contribution in [1.29, 1.82) is 0 Å². The van der Waals surface area contributed by atoms with Crippen LogP contribution >= 0.6 is 9.24 Å². The Labute approximate surface area is 90.8 Å². The Hall–Kier alpha value is 0.350. The second kappa shape index (κ2) is 5.44. The quantitative estimate of drug-likeness (QED) is 0.560. The van der Waals surface area contributed by atoms with Gasteiger partial charge < -0.3 is 10.6 Å². The predicted molar refractivity (Wildman–Crippen MR) is 66.6 cm³/mol. The first kappa shape index (κ1) is 12.4. The molecule has 2 nitrogen and oxygen atoms in total. The Balaban J connectivity index is 2.21. The van der Waals surface area contributed by atoms with Gasteiger partial charge in [-0.1, -0.05) is 0 Å². The van der Waals surface area contributed by atoms with E-state index in [-0.39, 0.29) is 5.54 Å². The van der Waals surface area contributed by atoms with Crippen molar-refractivity contribution in [2.75, 3.05) is 25.8 Å². The molecule has 0 aromatic carbocycles. The van der Waals surface area contributed by atoms with Gasteiger partial charge in [0.15, 0.2) is 0 Å². The minimum absolute atomic E-state index is 0.00928. The zero-order valence-electron chi connectivity index (χ0n) is 9.63. The van der Waals surface area contributed by atoms with E-state index >= 15 is 0 Å². The molecule has 0 aromatic rings. The topological polar surface area (TPSA) is 29.3 Å². The van der Waals surface area contributed by atoms with Gasteiger partial charge in [0, 0.05) is 12.1 Å². The van der Waals surface area contributed by atoms with Crippen LogP contribution in [0.15, 0.2) is 0 Å². The highest BCUT2D eigenvalue weighted by Gasteiger charge is 2.31. The molecule has 2 atom stereocenters. The largest absolute Gasteiger partial charge is 0.325 e. The summed E-state index contributed by atoms with van der Waals surface area (Å²) in [6.07, 6.45) is 5.18. The van der Waals surface area contributed by atoms with E-state index in [1.165, 1.54) is 45.1 Å². The van der Waals surface area contributed by atoms with Crippen molar-refractivity contribution in [3.63, 3.8) is 0 Å². The Morgan fingerprint density at radius 1 is 1.43 bits per heavy atom. The van der Waals surface area contributed by atoms with E-state index in [2.05, 4.69) is 28.0 Å². The molecule has 0 radical (unpaired) electrons. The molecule has 0 amide bonds. The van der Waals surface area contributed by atoms with E-state index in [0.717, 1.165) is 0 Å². The lowest BCUT2D eigenvalue weighted by molar-refractivity contribution is 0.278. The Kier molecular flexibility index (Phi) is 4.82. The highest BCUT2D eigenvalue weighted by Crippen LogP contribution is 2.25. The summed E-state index contributed by atoms with van der Waals surface area (Å²) in [5.74, 6) is 0.693. The molecule has 14 heavy (non-hydrogen) atoms. The molecule has 0 aliphatic carbocycles. The van der Waals surface area contributed by atoms with Crippen molar-refractivity contribution in [1.82, 2.24) is 4.90 Å². The van der Waals surface area contributed by atoms with E-state index in [4.69, 9.17) is 5.73 Å². The smallest absolute Gasteiger partial charge is 0.0138 e. The molecule has 1 aliphatic heterocycles. The summed E-state index contributed by atoms with van der Waals surface area (Å²) < 4.78 is 0. The normalized spacial score (nSPS) is 24.4. The molecule has 0 bridgehead atoms. The standard InChI is InChI=1S/C11H25N2P/c1-11(2,12)10-5-7-13(9-10)6-3-4-8-14/h10H,3-9,12,14H2,1-2H3. The van der Waals surface area contributed by atoms with Crippen LogP contribution in [0, 0.1) is 5.92 Å². The van der Waals surface area contributed by atoms with Crippen LogP contribution in [-0.4, -0.2) is 36.2 Å². The van der Waals surface area contributed by atoms with Gasteiger partial charge in [-0.25, -0.2) is 0 Å². The Morgan fingerprint density at radius 2 is 2.14 bits per heavy atom. The average Bonchev–Trinajstić information content (AvgIpc) is 2.52. The summed E-state index contributed by atoms with van der Waals surface area (Å²) in [6, 6.07) is 0. The van der Waals surface area contributed by atoms with Gasteiger partial charge in [0.1, 0.15) is 0 Å². The molecule has 1 saturated heterocycles. The highest BCUT2D eigenvalue weighted by atomic mass is 31.0. The molecule has 3 heteroatoms. The van der Waals surface area contributed by atoms with Gasteiger partial charge in [-0.05, 0) is 58.3 Å². The summed E-state index contributed by atoms with van der Waals surface area (Å²) in [5.41, 5.74) is 6.14. The van der Waals surface area contributed by atoms with Crippen molar-refractivity contribution < 1.29 is 0 Å². The molecule has 0 aromatic heterocycles. The van der Waals surface area contributed by atoms with E-state index in [9.17, 15) is 0 Å². The van der Waals surface area contributed by atoms with Crippen molar-refractivity contribution >= 4 is 9.24 Å². The molecule has 1 aliphatic rings. The van der Waals surface area contributed by atoms with E-state index in [1.54, 1.807) is 0 Å². The third-order valence-electron chi connectivity index (χ3n) is 3.25. The molecular weight excluding hydrogens is 191 g/mol. The molecule has 1 fully saturated rings. The summed E-state index contributed by atoms with van der Waals surface area (Å²) in [7, 11) is 2.79. The first-order valence-electron chi connectivity index (χ1n) is 5.75. The van der Waals surface area contributed by atoms with Crippen LogP contribution in [0.1, 0.15) is 33.1 Å². The lowest BCUT2D eigenvalue weighted by Crippen LogP contribution is -2.42. The molecule has 0 spiro atoms. The highest BCUT2D eigenvalue weighted by molar-refractivity contribution is 7.16. The number of hydrogen-bond donors (Lipinski definition) is 1. The molecule has 1 heterocycles. The third kappa shape index (κ3) is 3.84. The SMILES string of the molecule is CC(C)(N)C1CCN(CCCCP)C1. The van der Waals surface area contributed by atoms with Crippen molar-refractivity contribution in [3.8, 4) is 0 Å². The van der Waals surface area contributed by atoms with Crippen LogP contribution in [0.5, 0.6) is 0 Å². The fourth-order valence-electron chi connectivity index (χ4n) is 2.12. The van der Waals surface area contributed by atoms with E-state index in [1.807, 2.05) is 0 Å². The Morgan fingerprint density at radius 3 is 2.64 bits per heavy atom. The molecule has 2 unspecified atom stereocenters. The fourth-order valence-corrected chi connectivity index (χ4v) is 2.41. The summed E-state index contributed by atoms with van der Waals surface area (Å²) in [4.78, 5) is 2.57. The van der Waals surface area contributed by atoms with Crippen LogP contribution < -0.4 is 5.73 Å². The minimum atomic E-state index is 0.00928. The molecule has 0 saturated carbocycles. The summed E-state index contributed by atoms with van der Waals surface area (Å²) >= 11 is 0. The van der Waals surface area contributed by atoms with Crippen molar-refractivity contribution in [2.24, 2.45) is 11.7 Å². The van der Waals surface area contributed by atoms with Gasteiger partial charge in [0.25, 0.3) is 0 Å². The number of nitrogens with two attached hydrogens (primary N) is 1. The summed E-state index contributed by atoms with van der Waals surface area (Å²) in [5, 5.41) is 0. The van der Waals surface area contributed by atoms with Crippen molar-refractivity contribution in [3.05, 3.63) is 0 Å². The van der Waals surface area contributed by atoms with Crippen LogP contribution in [-0.2, 0) is 0 Å². The summed E-state index contributed by atoms with van der Waals surface area (Å²) in [6.45, 7) is 8.04. The van der Waals surface area contributed by atoms with Gasteiger partial charge in [0.05, 0.1) is 0 Å². The second-order valence-electron chi connectivity index (χ2n) is 5.10. The van der Waals surface area contributed by atoms with Gasteiger partial charge >= 0.3 is 0 Å². The third-order valence-corrected chi connectivity index (χ3v) is 3.66. The molecule has 1 rings (SSSR count). The first-order chi connectivity index (χ1) is 6.54. The first-order valence-corrected chi connectivity index (χ1v) is 6.57. The van der Waals surface area contributed by atoms with E-state index < -0.39 is 0 Å². The lowest BCUT2D eigenvalue weighted by atomic mass is 9.88. The zero-order chi connectivity index (χ0) is 10.6. The fraction of sp³-hybridized carbons (Fsp3) is 1.00. The monoisotopic (exact) mass is 216 g/mol. The molecule has 2 N–H and O–H groups in total. The molecular formula is C11H25N2P. The van der Waals surface area contributed by atoms with E-state index in [0.29, 0.717) is 5.92 Å². The number of likely N-dealkylation sites (tertiary alicyclic amines) is 1. The number of hydrogen-bond acceptors (Lipinski definition) is 2. The van der Waals surface area contributed by atoms with Gasteiger partial charge in [-0.3, -0.25) is 0 Å². The van der Waals surface area contributed by atoms with Crippen LogP contribution in [0.2, 0.25) is 0 Å². The maximum Gasteiger partial charge on any atom is 0.0138 e. The average molecular weight is 216 g/mol. The maximum absolute atomic E-state index is 6.13. The molecule has 84 valence electrons. The minimum Gasteiger partial charge on any atom is -0.325 e.